The van der Waals surface area contributed by atoms with Crippen LogP contribution in [0.15, 0.2) is 42.5 Å². The highest BCUT2D eigenvalue weighted by molar-refractivity contribution is 6.43. The number of rotatable bonds is 5. The number of amides is 1. The van der Waals surface area contributed by atoms with Crippen LogP contribution in [0.3, 0.4) is 0 Å². The molecule has 1 aromatic heterocycles. The van der Waals surface area contributed by atoms with Gasteiger partial charge in [0.2, 0.25) is 0 Å². The van der Waals surface area contributed by atoms with E-state index < -0.39 is 11.7 Å². The first kappa shape index (κ1) is 22.8. The molecule has 0 radical (unpaired) electrons. The van der Waals surface area contributed by atoms with Gasteiger partial charge < -0.3 is 5.32 Å². The Labute approximate surface area is 201 Å². The summed E-state index contributed by atoms with van der Waals surface area (Å²) < 4.78 is 1.58. The molecule has 1 N–H and O–H groups in total. The first-order valence-corrected chi connectivity index (χ1v) is 11.6. The molecular formula is C24H22Cl3N3O2. The second-order valence-electron chi connectivity index (χ2n) is 7.97. The topological polar surface area (TPSA) is 64.0 Å². The molecule has 1 fully saturated rings. The van der Waals surface area contributed by atoms with Crippen molar-refractivity contribution in [2.45, 2.75) is 45.1 Å². The molecule has 0 bridgehead atoms. The molecule has 0 spiro atoms. The highest BCUT2D eigenvalue weighted by Crippen LogP contribution is 2.33. The molecule has 3 aromatic rings. The number of nitrogens with one attached hydrogen (secondary N) is 1. The average Bonchev–Trinajstić information content (AvgIpc) is 3.11. The van der Waals surface area contributed by atoms with Crippen molar-refractivity contribution in [1.29, 1.82) is 0 Å². The number of hydrogen-bond donors (Lipinski definition) is 1. The number of halogens is 3. The maximum atomic E-state index is 13.1. The minimum absolute atomic E-state index is 0.0315. The van der Waals surface area contributed by atoms with Crippen LogP contribution < -0.4 is 5.32 Å². The summed E-state index contributed by atoms with van der Waals surface area (Å²) >= 11 is 18.6. The van der Waals surface area contributed by atoms with E-state index in [1.54, 1.807) is 41.9 Å². The predicted molar refractivity (Wildman–Crippen MR) is 128 cm³/mol. The number of aromatic nitrogens is 2. The fourth-order valence-corrected chi connectivity index (χ4v) is 4.71. The third-order valence-corrected chi connectivity index (χ3v) is 6.53. The minimum atomic E-state index is -0.660. The summed E-state index contributed by atoms with van der Waals surface area (Å²) in [7, 11) is 0. The van der Waals surface area contributed by atoms with Crippen LogP contribution >= 0.6 is 34.8 Å². The summed E-state index contributed by atoms with van der Waals surface area (Å²) in [5.74, 6) is -1.29. The highest BCUT2D eigenvalue weighted by atomic mass is 35.5. The van der Waals surface area contributed by atoms with E-state index in [-0.39, 0.29) is 11.7 Å². The summed E-state index contributed by atoms with van der Waals surface area (Å²) in [5.41, 5.74) is 2.67. The van der Waals surface area contributed by atoms with Gasteiger partial charge in [0.1, 0.15) is 5.69 Å². The van der Waals surface area contributed by atoms with Crippen LogP contribution in [-0.2, 0) is 4.79 Å². The van der Waals surface area contributed by atoms with Gasteiger partial charge in [-0.1, -0.05) is 66.2 Å². The van der Waals surface area contributed by atoms with Crippen molar-refractivity contribution >= 4 is 46.5 Å². The second-order valence-corrected chi connectivity index (χ2v) is 9.25. The minimum Gasteiger partial charge on any atom is -0.346 e. The molecule has 32 heavy (non-hydrogen) atoms. The third-order valence-electron chi connectivity index (χ3n) is 5.74. The van der Waals surface area contributed by atoms with Crippen LogP contribution in [0.25, 0.3) is 16.9 Å². The standard InChI is InChI=1S/C24H22Cl3N3O2/c1-14-21(23(31)24(32)28-18-5-3-2-4-6-18)29-30(20-12-11-17(26)13-19(20)27)22(14)15-7-9-16(25)10-8-15/h7-13,18H,2-6H2,1H3,(H,28,32). The van der Waals surface area contributed by atoms with Crippen molar-refractivity contribution in [2.24, 2.45) is 0 Å². The van der Waals surface area contributed by atoms with Gasteiger partial charge in [-0.3, -0.25) is 9.59 Å². The Bertz CT molecular complexity index is 1170. The van der Waals surface area contributed by atoms with Crippen molar-refractivity contribution < 1.29 is 9.59 Å². The van der Waals surface area contributed by atoms with Gasteiger partial charge in [-0.15, -0.1) is 0 Å². The van der Waals surface area contributed by atoms with Gasteiger partial charge in [0.15, 0.2) is 0 Å². The molecule has 1 saturated carbocycles. The lowest BCUT2D eigenvalue weighted by molar-refractivity contribution is -0.117. The Morgan fingerprint density at radius 3 is 2.28 bits per heavy atom. The molecular weight excluding hydrogens is 469 g/mol. The number of ketones is 1. The number of carbonyl (C=O) groups is 2. The SMILES string of the molecule is Cc1c(C(=O)C(=O)NC2CCCCC2)nn(-c2ccc(Cl)cc2Cl)c1-c1ccc(Cl)cc1. The Morgan fingerprint density at radius 2 is 1.62 bits per heavy atom. The maximum absolute atomic E-state index is 13.1. The van der Waals surface area contributed by atoms with Crippen molar-refractivity contribution in [2.75, 3.05) is 0 Å². The molecule has 166 valence electrons. The van der Waals surface area contributed by atoms with Crippen LogP contribution in [0, 0.1) is 6.92 Å². The molecule has 0 atom stereocenters. The van der Waals surface area contributed by atoms with Crippen molar-refractivity contribution in [1.82, 2.24) is 15.1 Å². The third kappa shape index (κ3) is 4.70. The zero-order valence-electron chi connectivity index (χ0n) is 17.5. The predicted octanol–water partition coefficient (Wildman–Crippen LogP) is 6.44. The second kappa shape index (κ2) is 9.65. The van der Waals surface area contributed by atoms with E-state index in [1.807, 2.05) is 12.1 Å². The van der Waals surface area contributed by atoms with E-state index >= 15 is 0 Å². The van der Waals surface area contributed by atoms with Gasteiger partial charge in [-0.2, -0.15) is 5.10 Å². The number of benzene rings is 2. The summed E-state index contributed by atoms with van der Waals surface area (Å²) in [6.07, 6.45) is 5.06. The Morgan fingerprint density at radius 1 is 0.969 bits per heavy atom. The molecule has 1 heterocycles. The van der Waals surface area contributed by atoms with Gasteiger partial charge in [-0.25, -0.2) is 4.68 Å². The molecule has 5 nitrogen and oxygen atoms in total. The fourth-order valence-electron chi connectivity index (χ4n) is 4.09. The zero-order valence-corrected chi connectivity index (χ0v) is 19.8. The molecule has 1 aliphatic carbocycles. The molecule has 1 amide bonds. The van der Waals surface area contributed by atoms with E-state index in [2.05, 4.69) is 10.4 Å². The molecule has 2 aromatic carbocycles. The van der Waals surface area contributed by atoms with Gasteiger partial charge in [0.25, 0.3) is 11.7 Å². The monoisotopic (exact) mass is 489 g/mol. The molecule has 0 saturated heterocycles. The van der Waals surface area contributed by atoms with Gasteiger partial charge in [0, 0.05) is 27.2 Å². The molecule has 0 unspecified atom stereocenters. The molecule has 4 rings (SSSR count). The lowest BCUT2D eigenvalue weighted by Gasteiger charge is -2.22. The number of carbonyl (C=O) groups excluding carboxylic acids is 2. The summed E-state index contributed by atoms with van der Waals surface area (Å²) in [6.45, 7) is 1.78. The first-order chi connectivity index (χ1) is 15.3. The van der Waals surface area contributed by atoms with Crippen molar-refractivity contribution in [3.05, 3.63) is 68.8 Å². The molecule has 8 heteroatoms. The number of Topliss-reactive ketones (excluding diaryl/α,β-unsaturated/α-hetero) is 1. The van der Waals surface area contributed by atoms with Crippen LogP contribution in [0.1, 0.15) is 48.2 Å². The summed E-state index contributed by atoms with van der Waals surface area (Å²) in [5, 5.41) is 8.86. The smallest absolute Gasteiger partial charge is 0.294 e. The zero-order chi connectivity index (χ0) is 22.8. The van der Waals surface area contributed by atoms with E-state index in [1.165, 1.54) is 0 Å². The van der Waals surface area contributed by atoms with Crippen LogP contribution in [0.2, 0.25) is 15.1 Å². The highest BCUT2D eigenvalue weighted by Gasteiger charge is 2.28. The lowest BCUT2D eigenvalue weighted by Crippen LogP contribution is -2.40. The largest absolute Gasteiger partial charge is 0.346 e. The number of hydrogen-bond acceptors (Lipinski definition) is 3. The average molecular weight is 491 g/mol. The van der Waals surface area contributed by atoms with Crippen molar-refractivity contribution in [3.63, 3.8) is 0 Å². The Balaban J connectivity index is 1.77. The Hall–Kier alpha value is -2.34. The van der Waals surface area contributed by atoms with E-state index in [0.29, 0.717) is 32.0 Å². The first-order valence-electron chi connectivity index (χ1n) is 10.5. The quantitative estimate of drug-likeness (QED) is 0.331. The number of nitrogens with zero attached hydrogens (tertiary/aromatic N) is 2. The molecule has 1 aliphatic rings. The van der Waals surface area contributed by atoms with E-state index in [4.69, 9.17) is 34.8 Å². The lowest BCUT2D eigenvalue weighted by atomic mass is 9.95. The maximum Gasteiger partial charge on any atom is 0.294 e. The fraction of sp³-hybridized carbons (Fsp3) is 0.292. The van der Waals surface area contributed by atoms with E-state index in [0.717, 1.165) is 37.7 Å². The summed E-state index contributed by atoms with van der Waals surface area (Å²) in [6, 6.07) is 12.3. The van der Waals surface area contributed by atoms with Crippen LogP contribution in [0.4, 0.5) is 0 Å². The van der Waals surface area contributed by atoms with Gasteiger partial charge in [0.05, 0.1) is 16.4 Å². The summed E-state index contributed by atoms with van der Waals surface area (Å²) in [4.78, 5) is 25.8. The van der Waals surface area contributed by atoms with Crippen LogP contribution in [-0.4, -0.2) is 27.5 Å². The van der Waals surface area contributed by atoms with E-state index in [9.17, 15) is 9.59 Å². The van der Waals surface area contributed by atoms with Crippen molar-refractivity contribution in [3.8, 4) is 16.9 Å². The molecule has 0 aliphatic heterocycles. The Kier molecular flexibility index (Phi) is 6.89. The normalized spacial score (nSPS) is 14.4. The van der Waals surface area contributed by atoms with Gasteiger partial charge >= 0.3 is 0 Å². The van der Waals surface area contributed by atoms with Crippen LogP contribution in [0.5, 0.6) is 0 Å². The van der Waals surface area contributed by atoms with Gasteiger partial charge in [-0.05, 0) is 50.1 Å².